The minimum absolute atomic E-state index is 0.317. The van der Waals surface area contributed by atoms with Crippen LogP contribution in [-0.2, 0) is 17.8 Å². The zero-order valence-corrected chi connectivity index (χ0v) is 11.8. The number of benzene rings is 1. The molecule has 110 valence electrons. The Balaban J connectivity index is 1.98. The van der Waals surface area contributed by atoms with E-state index in [-0.39, 0.29) is 5.82 Å². The van der Waals surface area contributed by atoms with Crippen LogP contribution in [0.4, 0.5) is 4.39 Å². The molecule has 0 saturated heterocycles. The highest BCUT2D eigenvalue weighted by molar-refractivity contribution is 5.33. The summed E-state index contributed by atoms with van der Waals surface area (Å²) in [6.45, 7) is 2.39. The van der Waals surface area contributed by atoms with Crippen LogP contribution >= 0.6 is 0 Å². The highest BCUT2D eigenvalue weighted by Gasteiger charge is 2.06. The van der Waals surface area contributed by atoms with Crippen molar-refractivity contribution in [3.05, 3.63) is 53.4 Å². The highest BCUT2D eigenvalue weighted by atomic mass is 19.1. The molecule has 2 aromatic rings. The lowest BCUT2D eigenvalue weighted by Gasteiger charge is -2.04. The predicted molar refractivity (Wildman–Crippen MR) is 76.0 cm³/mol. The highest BCUT2D eigenvalue weighted by Crippen LogP contribution is 2.12. The molecule has 1 N–H and O–H groups in total. The molecule has 2 rings (SSSR count). The van der Waals surface area contributed by atoms with Crippen molar-refractivity contribution in [2.45, 2.75) is 13.1 Å². The number of hydrogen-bond acceptors (Lipinski definition) is 4. The van der Waals surface area contributed by atoms with Crippen LogP contribution in [0.1, 0.15) is 16.8 Å². The Morgan fingerprint density at radius 2 is 2.33 bits per heavy atom. The van der Waals surface area contributed by atoms with E-state index in [1.807, 2.05) is 12.3 Å². The summed E-state index contributed by atoms with van der Waals surface area (Å²) in [6.07, 6.45) is 3.52. The molecule has 1 heterocycles. The van der Waals surface area contributed by atoms with Crippen molar-refractivity contribution in [1.82, 2.24) is 14.9 Å². The third-order valence-electron chi connectivity index (χ3n) is 3.00. The molecule has 0 atom stereocenters. The Bertz CT molecular complexity index is 633. The normalized spacial score (nSPS) is 10.5. The van der Waals surface area contributed by atoms with Gasteiger partial charge in [0.05, 0.1) is 36.8 Å². The summed E-state index contributed by atoms with van der Waals surface area (Å²) in [5, 5.41) is 12.0. The molecular weight excluding hydrogens is 271 g/mol. The topological polar surface area (TPSA) is 62.9 Å². The first kappa shape index (κ1) is 15.2. The molecule has 1 aromatic heterocycles. The van der Waals surface area contributed by atoms with Gasteiger partial charge in [-0.2, -0.15) is 5.26 Å². The molecule has 0 amide bonds. The number of halogens is 1. The number of nitriles is 1. The molecule has 0 aliphatic carbocycles. The molecule has 0 aliphatic rings. The maximum Gasteiger partial charge on any atom is 0.128 e. The molecule has 21 heavy (non-hydrogen) atoms. The zero-order chi connectivity index (χ0) is 15.1. The second-order valence-corrected chi connectivity index (χ2v) is 4.62. The summed E-state index contributed by atoms with van der Waals surface area (Å²) in [5.74, 6) is -0.317. The smallest absolute Gasteiger partial charge is 0.128 e. The summed E-state index contributed by atoms with van der Waals surface area (Å²) in [5.41, 5.74) is 1.81. The van der Waals surface area contributed by atoms with Crippen LogP contribution in [0.5, 0.6) is 0 Å². The Labute approximate surface area is 123 Å². The average Bonchev–Trinajstić information content (AvgIpc) is 2.93. The minimum atomic E-state index is -0.317. The van der Waals surface area contributed by atoms with Crippen LogP contribution in [0.25, 0.3) is 0 Å². The maximum absolute atomic E-state index is 13.7. The molecule has 1 aromatic carbocycles. The number of aromatic nitrogens is 2. The number of rotatable bonds is 7. The molecule has 0 saturated carbocycles. The standard InChI is InChI=1S/C15H17FN4O/c1-21-5-4-18-8-14-10-20(11-19-14)9-13-6-12(7-17)2-3-15(13)16/h2-3,6,10-11,18H,4-5,8-9H2,1H3. The third kappa shape index (κ3) is 4.38. The van der Waals surface area contributed by atoms with E-state index < -0.39 is 0 Å². The quantitative estimate of drug-likeness (QED) is 0.787. The van der Waals surface area contributed by atoms with Crippen molar-refractivity contribution in [3.8, 4) is 6.07 Å². The van der Waals surface area contributed by atoms with Gasteiger partial charge >= 0.3 is 0 Å². The van der Waals surface area contributed by atoms with Crippen LogP contribution in [0, 0.1) is 17.1 Å². The first-order valence-corrected chi connectivity index (χ1v) is 6.61. The minimum Gasteiger partial charge on any atom is -0.383 e. The number of nitrogens with one attached hydrogen (secondary N) is 1. The molecule has 0 radical (unpaired) electrons. The van der Waals surface area contributed by atoms with Crippen molar-refractivity contribution >= 4 is 0 Å². The van der Waals surface area contributed by atoms with Crippen molar-refractivity contribution in [1.29, 1.82) is 5.26 Å². The van der Waals surface area contributed by atoms with Gasteiger partial charge in [-0.15, -0.1) is 0 Å². The van der Waals surface area contributed by atoms with E-state index in [0.29, 0.717) is 30.8 Å². The first-order chi connectivity index (χ1) is 10.2. The lowest BCUT2D eigenvalue weighted by molar-refractivity contribution is 0.199. The summed E-state index contributed by atoms with van der Waals surface area (Å²) >= 11 is 0. The summed E-state index contributed by atoms with van der Waals surface area (Å²) < 4.78 is 20.5. The number of nitrogens with zero attached hydrogens (tertiary/aromatic N) is 3. The summed E-state index contributed by atoms with van der Waals surface area (Å²) in [6, 6.07) is 6.36. The Morgan fingerprint density at radius 1 is 1.48 bits per heavy atom. The summed E-state index contributed by atoms with van der Waals surface area (Å²) in [4.78, 5) is 4.25. The molecule has 0 aliphatic heterocycles. The number of hydrogen-bond donors (Lipinski definition) is 1. The second-order valence-electron chi connectivity index (χ2n) is 4.62. The van der Waals surface area contributed by atoms with Crippen LogP contribution in [0.3, 0.4) is 0 Å². The fourth-order valence-corrected chi connectivity index (χ4v) is 1.94. The molecule has 6 heteroatoms. The molecule has 5 nitrogen and oxygen atoms in total. The van der Waals surface area contributed by atoms with E-state index in [0.717, 1.165) is 12.2 Å². The molecule has 0 bridgehead atoms. The van der Waals surface area contributed by atoms with E-state index in [1.54, 1.807) is 24.1 Å². The lowest BCUT2D eigenvalue weighted by atomic mass is 10.1. The van der Waals surface area contributed by atoms with Crippen molar-refractivity contribution in [2.75, 3.05) is 20.3 Å². The Morgan fingerprint density at radius 3 is 3.10 bits per heavy atom. The van der Waals surface area contributed by atoms with Crippen molar-refractivity contribution in [2.24, 2.45) is 0 Å². The summed E-state index contributed by atoms with van der Waals surface area (Å²) in [7, 11) is 1.65. The van der Waals surface area contributed by atoms with Crippen molar-refractivity contribution < 1.29 is 9.13 Å². The van der Waals surface area contributed by atoms with E-state index in [1.165, 1.54) is 12.1 Å². The van der Waals surface area contributed by atoms with Crippen LogP contribution < -0.4 is 5.32 Å². The SMILES string of the molecule is COCCNCc1cn(Cc2cc(C#N)ccc2F)cn1. The van der Waals surface area contributed by atoms with Gasteiger partial charge in [0.15, 0.2) is 0 Å². The van der Waals surface area contributed by atoms with Crippen LogP contribution in [0.2, 0.25) is 0 Å². The van der Waals surface area contributed by atoms with Crippen LogP contribution in [-0.4, -0.2) is 29.8 Å². The zero-order valence-electron chi connectivity index (χ0n) is 11.8. The van der Waals surface area contributed by atoms with Gasteiger partial charge in [0.2, 0.25) is 0 Å². The van der Waals surface area contributed by atoms with Crippen molar-refractivity contribution in [3.63, 3.8) is 0 Å². The van der Waals surface area contributed by atoms with Gasteiger partial charge in [-0.1, -0.05) is 0 Å². The van der Waals surface area contributed by atoms with Gasteiger partial charge in [-0.25, -0.2) is 9.37 Å². The van der Waals surface area contributed by atoms with Crippen LogP contribution in [0.15, 0.2) is 30.7 Å². The van der Waals surface area contributed by atoms with E-state index >= 15 is 0 Å². The third-order valence-corrected chi connectivity index (χ3v) is 3.00. The van der Waals surface area contributed by atoms with Gasteiger partial charge in [-0.05, 0) is 18.2 Å². The van der Waals surface area contributed by atoms with Gasteiger partial charge in [0, 0.05) is 32.0 Å². The van der Waals surface area contributed by atoms with Gasteiger partial charge in [-0.3, -0.25) is 0 Å². The first-order valence-electron chi connectivity index (χ1n) is 6.61. The molecule has 0 spiro atoms. The second kappa shape index (κ2) is 7.53. The fraction of sp³-hybridized carbons (Fsp3) is 0.333. The Hall–Kier alpha value is -2.23. The predicted octanol–water partition coefficient (Wildman–Crippen LogP) is 1.68. The average molecular weight is 288 g/mol. The fourth-order valence-electron chi connectivity index (χ4n) is 1.94. The maximum atomic E-state index is 13.7. The van der Waals surface area contributed by atoms with E-state index in [2.05, 4.69) is 10.3 Å². The van der Waals surface area contributed by atoms with E-state index in [4.69, 9.17) is 10.00 Å². The van der Waals surface area contributed by atoms with Gasteiger partial charge in [0.25, 0.3) is 0 Å². The monoisotopic (exact) mass is 288 g/mol. The van der Waals surface area contributed by atoms with Gasteiger partial charge < -0.3 is 14.6 Å². The Kier molecular flexibility index (Phi) is 5.43. The molecular formula is C15H17FN4O. The molecule has 0 fully saturated rings. The van der Waals surface area contributed by atoms with E-state index in [9.17, 15) is 4.39 Å². The largest absolute Gasteiger partial charge is 0.383 e. The molecule has 0 unspecified atom stereocenters. The number of imidazole rings is 1. The number of ether oxygens (including phenoxy) is 1. The van der Waals surface area contributed by atoms with Gasteiger partial charge in [0.1, 0.15) is 5.82 Å². The number of methoxy groups -OCH3 is 1. The lowest BCUT2D eigenvalue weighted by Crippen LogP contribution is -2.18.